The van der Waals surface area contributed by atoms with Gasteiger partial charge in [0.1, 0.15) is 0 Å². The number of rotatable bonds is 3. The Morgan fingerprint density at radius 2 is 2.06 bits per heavy atom. The van der Waals surface area contributed by atoms with Crippen LogP contribution in [0.3, 0.4) is 0 Å². The summed E-state index contributed by atoms with van der Waals surface area (Å²) in [4.78, 5) is 18.2. The predicted molar refractivity (Wildman–Crippen MR) is 62.4 cm³/mol. The van der Waals surface area contributed by atoms with E-state index in [9.17, 15) is 4.57 Å². The fourth-order valence-electron chi connectivity index (χ4n) is 1.30. The molecule has 0 fully saturated rings. The summed E-state index contributed by atoms with van der Waals surface area (Å²) in [5, 5.41) is 9.64. The van der Waals surface area contributed by atoms with Crippen molar-refractivity contribution in [3.8, 4) is 0 Å². The molecule has 0 saturated heterocycles. The third-order valence-corrected chi connectivity index (χ3v) is 3.47. The van der Waals surface area contributed by atoms with Crippen LogP contribution in [0.1, 0.15) is 18.1 Å². The van der Waals surface area contributed by atoms with Gasteiger partial charge in [0.25, 0.3) is 0 Å². The fraction of sp³-hybridized carbons (Fsp3) is 0.222. The monoisotopic (exact) mass is 243 g/mol. The molecule has 0 aliphatic rings. The number of nitrogens with one attached hydrogen (secondary N) is 2. The van der Waals surface area contributed by atoms with E-state index in [1.807, 2.05) is 0 Å². The van der Waals surface area contributed by atoms with Crippen molar-refractivity contribution >= 4 is 19.2 Å². The van der Waals surface area contributed by atoms with Crippen LogP contribution >= 0.6 is 7.60 Å². The van der Waals surface area contributed by atoms with Crippen molar-refractivity contribution in [1.82, 2.24) is 0 Å². The molecular formula is C9H14N3O3P. The number of anilines is 1. The molecule has 0 heterocycles. The minimum absolute atomic E-state index is 0.273. The Morgan fingerprint density at radius 1 is 1.50 bits per heavy atom. The van der Waals surface area contributed by atoms with Crippen molar-refractivity contribution < 1.29 is 14.4 Å². The van der Waals surface area contributed by atoms with Gasteiger partial charge >= 0.3 is 7.60 Å². The third-order valence-electron chi connectivity index (χ3n) is 2.18. The summed E-state index contributed by atoms with van der Waals surface area (Å²) < 4.78 is 11.2. The molecule has 0 bridgehead atoms. The van der Waals surface area contributed by atoms with Crippen LogP contribution in [0.15, 0.2) is 24.3 Å². The van der Waals surface area contributed by atoms with E-state index >= 15 is 0 Å². The molecule has 6 nitrogen and oxygen atoms in total. The highest BCUT2D eigenvalue weighted by atomic mass is 31.2. The van der Waals surface area contributed by atoms with Gasteiger partial charge in [-0.1, -0.05) is 18.2 Å². The maximum absolute atomic E-state index is 11.2. The molecular weight excluding hydrogens is 229 g/mol. The van der Waals surface area contributed by atoms with Crippen molar-refractivity contribution in [1.29, 1.82) is 5.41 Å². The molecule has 6 N–H and O–H groups in total. The number of hydrogen-bond donors (Lipinski definition) is 5. The van der Waals surface area contributed by atoms with Crippen LogP contribution in [0.5, 0.6) is 0 Å². The van der Waals surface area contributed by atoms with Crippen molar-refractivity contribution in [3.63, 3.8) is 0 Å². The summed E-state index contributed by atoms with van der Waals surface area (Å²) in [5.41, 5.74) is 5.12. The summed E-state index contributed by atoms with van der Waals surface area (Å²) >= 11 is 0. The zero-order valence-electron chi connectivity index (χ0n) is 8.71. The number of nitrogens with two attached hydrogens (primary N) is 1. The Bertz CT molecular complexity index is 443. The number of para-hydroxylation sites is 1. The lowest BCUT2D eigenvalue weighted by Crippen LogP contribution is -2.21. The minimum atomic E-state index is -4.20. The van der Waals surface area contributed by atoms with Crippen LogP contribution in [0.2, 0.25) is 0 Å². The van der Waals surface area contributed by atoms with Gasteiger partial charge in [-0.3, -0.25) is 9.97 Å². The Morgan fingerprint density at radius 3 is 2.56 bits per heavy atom. The van der Waals surface area contributed by atoms with Crippen LogP contribution in [0.25, 0.3) is 0 Å². The van der Waals surface area contributed by atoms with Gasteiger partial charge < -0.3 is 20.8 Å². The van der Waals surface area contributed by atoms with Crippen LogP contribution in [-0.4, -0.2) is 15.7 Å². The number of guanidine groups is 1. The molecule has 7 heteroatoms. The van der Waals surface area contributed by atoms with Crippen molar-refractivity contribution in [2.45, 2.75) is 12.6 Å². The van der Waals surface area contributed by atoms with E-state index in [4.69, 9.17) is 20.9 Å². The van der Waals surface area contributed by atoms with E-state index in [0.29, 0.717) is 11.3 Å². The van der Waals surface area contributed by atoms with Gasteiger partial charge in [-0.25, -0.2) is 0 Å². The molecule has 0 radical (unpaired) electrons. The molecule has 0 aliphatic carbocycles. The Kier molecular flexibility index (Phi) is 3.70. The van der Waals surface area contributed by atoms with Crippen LogP contribution in [-0.2, 0) is 4.57 Å². The lowest BCUT2D eigenvalue weighted by molar-refractivity contribution is 0.362. The second-order valence-corrected chi connectivity index (χ2v) is 5.34. The average molecular weight is 243 g/mol. The van der Waals surface area contributed by atoms with Gasteiger partial charge in [0.2, 0.25) is 0 Å². The van der Waals surface area contributed by atoms with Gasteiger partial charge in [0, 0.05) is 5.69 Å². The fourth-order valence-corrected chi connectivity index (χ4v) is 1.89. The number of hydrogen-bond acceptors (Lipinski definition) is 2. The largest absolute Gasteiger partial charge is 0.370 e. The lowest BCUT2D eigenvalue weighted by Gasteiger charge is -2.17. The zero-order valence-corrected chi connectivity index (χ0v) is 9.61. The molecule has 1 aromatic carbocycles. The average Bonchev–Trinajstić information content (AvgIpc) is 2.15. The quantitative estimate of drug-likeness (QED) is 0.311. The third kappa shape index (κ3) is 3.06. The first kappa shape index (κ1) is 12.7. The summed E-state index contributed by atoms with van der Waals surface area (Å²) in [6, 6.07) is 6.58. The number of benzene rings is 1. The molecule has 16 heavy (non-hydrogen) atoms. The molecule has 88 valence electrons. The molecule has 0 aromatic heterocycles. The maximum Gasteiger partial charge on any atom is 0.332 e. The Hall–Kier alpha value is -1.36. The van der Waals surface area contributed by atoms with E-state index < -0.39 is 13.3 Å². The zero-order chi connectivity index (χ0) is 12.3. The molecule has 1 aromatic rings. The highest BCUT2D eigenvalue weighted by Gasteiger charge is 2.27. The SMILES string of the molecule is CC(c1ccccc1NC(=N)N)P(=O)(O)O. The second-order valence-electron chi connectivity index (χ2n) is 3.39. The normalized spacial score (nSPS) is 13.2. The highest BCUT2D eigenvalue weighted by molar-refractivity contribution is 7.52. The Labute approximate surface area is 93.2 Å². The van der Waals surface area contributed by atoms with Crippen LogP contribution < -0.4 is 11.1 Å². The van der Waals surface area contributed by atoms with Gasteiger partial charge in [-0.05, 0) is 18.6 Å². The van der Waals surface area contributed by atoms with Gasteiger partial charge in [0.15, 0.2) is 5.96 Å². The second kappa shape index (κ2) is 4.65. The minimum Gasteiger partial charge on any atom is -0.370 e. The smallest absolute Gasteiger partial charge is 0.332 e. The molecule has 1 atom stereocenters. The first-order valence-corrected chi connectivity index (χ1v) is 6.25. The van der Waals surface area contributed by atoms with E-state index in [0.717, 1.165) is 0 Å². The summed E-state index contributed by atoms with van der Waals surface area (Å²) in [7, 11) is -4.20. The summed E-state index contributed by atoms with van der Waals surface area (Å²) in [6.07, 6.45) is 0. The summed E-state index contributed by atoms with van der Waals surface area (Å²) in [5.74, 6) is -0.273. The van der Waals surface area contributed by atoms with Crippen molar-refractivity contribution in [3.05, 3.63) is 29.8 Å². The van der Waals surface area contributed by atoms with E-state index in [-0.39, 0.29) is 5.96 Å². The van der Waals surface area contributed by atoms with Gasteiger partial charge in [0.05, 0.1) is 5.66 Å². The van der Waals surface area contributed by atoms with Crippen LogP contribution in [0, 0.1) is 5.41 Å². The van der Waals surface area contributed by atoms with Crippen molar-refractivity contribution in [2.24, 2.45) is 5.73 Å². The Balaban J connectivity index is 3.13. The summed E-state index contributed by atoms with van der Waals surface area (Å²) in [6.45, 7) is 1.43. The van der Waals surface area contributed by atoms with Crippen LogP contribution in [0.4, 0.5) is 5.69 Å². The first-order chi connectivity index (χ1) is 7.32. The maximum atomic E-state index is 11.2. The molecule has 0 saturated carbocycles. The van der Waals surface area contributed by atoms with Gasteiger partial charge in [-0.2, -0.15) is 0 Å². The van der Waals surface area contributed by atoms with E-state index in [2.05, 4.69) is 5.32 Å². The molecule has 0 spiro atoms. The molecule has 0 aliphatic heterocycles. The highest BCUT2D eigenvalue weighted by Crippen LogP contribution is 2.52. The topological polar surface area (TPSA) is 119 Å². The van der Waals surface area contributed by atoms with E-state index in [1.165, 1.54) is 6.92 Å². The predicted octanol–water partition coefficient (Wildman–Crippen LogP) is 1.23. The van der Waals surface area contributed by atoms with E-state index in [1.54, 1.807) is 24.3 Å². The van der Waals surface area contributed by atoms with Crippen molar-refractivity contribution in [2.75, 3.05) is 5.32 Å². The molecule has 0 amide bonds. The first-order valence-electron chi connectivity index (χ1n) is 4.57. The standard InChI is InChI=1S/C9H14N3O3P/c1-6(16(13,14)15)7-4-2-3-5-8(7)12-9(10)11/h2-6H,1H3,(H4,10,11,12)(H2,13,14,15). The molecule has 1 rings (SSSR count). The lowest BCUT2D eigenvalue weighted by atomic mass is 10.1. The van der Waals surface area contributed by atoms with Gasteiger partial charge in [-0.15, -0.1) is 0 Å². The molecule has 1 unspecified atom stereocenters.